The molecule has 0 aliphatic rings. The molecule has 3 amide bonds. The first kappa shape index (κ1) is 34.7. The zero-order valence-electron chi connectivity index (χ0n) is 26.0. The van der Waals surface area contributed by atoms with Crippen molar-refractivity contribution < 1.29 is 22.8 Å². The van der Waals surface area contributed by atoms with Crippen LogP contribution in [0.25, 0.3) is 0 Å². The summed E-state index contributed by atoms with van der Waals surface area (Å²) < 4.78 is 27.0. The van der Waals surface area contributed by atoms with Gasteiger partial charge >= 0.3 is 0 Å². The first-order valence-electron chi connectivity index (χ1n) is 14.0. The van der Waals surface area contributed by atoms with E-state index in [1.54, 1.807) is 14.1 Å². The Kier molecular flexibility index (Phi) is 12.1. The van der Waals surface area contributed by atoms with E-state index in [0.717, 1.165) is 11.1 Å². The van der Waals surface area contributed by atoms with E-state index in [2.05, 4.69) is 15.4 Å². The molecule has 0 radical (unpaired) electrons. The second kappa shape index (κ2) is 14.6. The number of hydrogen-bond acceptors (Lipinski definition) is 6. The number of hydrogen-bond donors (Lipinski definition) is 3. The number of amides is 3. The summed E-state index contributed by atoms with van der Waals surface area (Å²) in [6, 6.07) is 17.4. The Labute approximate surface area is 251 Å². The highest BCUT2D eigenvalue weighted by Crippen LogP contribution is 2.28. The Morgan fingerprint density at radius 2 is 1.45 bits per heavy atom. The van der Waals surface area contributed by atoms with E-state index in [1.165, 1.54) is 17.9 Å². The van der Waals surface area contributed by atoms with Crippen LogP contribution in [0.5, 0.6) is 0 Å². The lowest BCUT2D eigenvalue weighted by molar-refractivity contribution is -0.139. The Morgan fingerprint density at radius 3 is 1.98 bits per heavy atom. The van der Waals surface area contributed by atoms with Gasteiger partial charge in [-0.2, -0.15) is 0 Å². The van der Waals surface area contributed by atoms with Gasteiger partial charge in [0, 0.05) is 24.6 Å². The molecular weight excluding hydrogens is 552 g/mol. The summed E-state index contributed by atoms with van der Waals surface area (Å²) in [6.45, 7) is 11.1. The number of aryl methyl sites for hydroxylation is 1. The summed E-state index contributed by atoms with van der Waals surface area (Å²) in [6.07, 6.45) is 1.77. The fraction of sp³-hybridized carbons (Fsp3) is 0.469. The van der Waals surface area contributed by atoms with Crippen LogP contribution in [0.4, 0.5) is 0 Å². The molecule has 2 atom stereocenters. The van der Waals surface area contributed by atoms with Crippen LogP contribution in [0.3, 0.4) is 0 Å². The largest absolute Gasteiger partial charge is 0.342 e. The smallest absolute Gasteiger partial charge is 0.260 e. The molecule has 2 aromatic carbocycles. The van der Waals surface area contributed by atoms with E-state index in [0.29, 0.717) is 0 Å². The van der Waals surface area contributed by atoms with Crippen molar-refractivity contribution in [1.29, 1.82) is 0 Å². The van der Waals surface area contributed by atoms with Gasteiger partial charge in [-0.1, -0.05) is 101 Å². The van der Waals surface area contributed by atoms with Crippen LogP contribution in [-0.4, -0.2) is 69.5 Å². The highest BCUT2D eigenvalue weighted by Gasteiger charge is 2.40. The van der Waals surface area contributed by atoms with Crippen molar-refractivity contribution in [1.82, 2.24) is 20.3 Å². The maximum absolute atomic E-state index is 13.6. The zero-order valence-corrected chi connectivity index (χ0v) is 26.8. The molecule has 2 aromatic rings. The van der Waals surface area contributed by atoms with Crippen LogP contribution < -0.4 is 15.4 Å². The highest BCUT2D eigenvalue weighted by molar-refractivity contribution is 7.90. The molecule has 3 N–H and O–H groups in total. The van der Waals surface area contributed by atoms with Crippen LogP contribution in [0.2, 0.25) is 0 Å². The second-order valence-electron chi connectivity index (χ2n) is 12.2. The normalized spacial score (nSPS) is 14.0. The minimum Gasteiger partial charge on any atom is -0.342 e. The molecule has 0 saturated carbocycles. The Hall–Kier alpha value is -3.50. The van der Waals surface area contributed by atoms with E-state index in [-0.39, 0.29) is 36.1 Å². The fourth-order valence-electron chi connectivity index (χ4n) is 4.57. The van der Waals surface area contributed by atoms with Gasteiger partial charge in [0.1, 0.15) is 6.04 Å². The first-order chi connectivity index (χ1) is 19.5. The molecule has 230 valence electrons. The third-order valence-electron chi connectivity index (χ3n) is 7.35. The number of nitrogens with zero attached hydrogens (tertiary/aromatic N) is 1. The molecule has 0 aliphatic heterocycles. The van der Waals surface area contributed by atoms with E-state index < -0.39 is 38.8 Å². The second-order valence-corrected chi connectivity index (χ2v) is 14.1. The lowest BCUT2D eigenvalue weighted by Gasteiger charge is -2.38. The lowest BCUT2D eigenvalue weighted by atomic mass is 9.76. The highest BCUT2D eigenvalue weighted by atomic mass is 32.2. The predicted octanol–water partition coefficient (Wildman–Crippen LogP) is 3.18. The minimum atomic E-state index is -3.84. The number of benzene rings is 2. The van der Waals surface area contributed by atoms with E-state index in [4.69, 9.17) is 0 Å². The molecule has 10 heteroatoms. The quantitative estimate of drug-likeness (QED) is 0.304. The van der Waals surface area contributed by atoms with Gasteiger partial charge in [-0.15, -0.1) is 0 Å². The summed E-state index contributed by atoms with van der Waals surface area (Å²) in [4.78, 5) is 41.1. The van der Waals surface area contributed by atoms with Crippen LogP contribution in [0.15, 0.2) is 72.3 Å². The van der Waals surface area contributed by atoms with Gasteiger partial charge in [0.05, 0.1) is 11.8 Å². The van der Waals surface area contributed by atoms with Crippen LogP contribution in [0, 0.1) is 5.41 Å². The van der Waals surface area contributed by atoms with E-state index in [9.17, 15) is 22.8 Å². The number of likely N-dealkylation sites (N-methyl/N-ethyl adjacent to an activating group) is 2. The molecule has 0 saturated heterocycles. The average Bonchev–Trinajstić information content (AvgIpc) is 2.93. The minimum absolute atomic E-state index is 0.0512. The number of carbonyl (C=O) groups excluding carboxylic acids is 3. The molecule has 0 bridgehead atoms. The van der Waals surface area contributed by atoms with Crippen molar-refractivity contribution in [3.8, 4) is 0 Å². The topological polar surface area (TPSA) is 125 Å². The summed E-state index contributed by atoms with van der Waals surface area (Å²) in [7, 11) is -0.546. The van der Waals surface area contributed by atoms with Crippen molar-refractivity contribution >= 4 is 27.7 Å². The number of rotatable bonds is 13. The van der Waals surface area contributed by atoms with Crippen molar-refractivity contribution in [2.45, 2.75) is 65.5 Å². The van der Waals surface area contributed by atoms with Crippen molar-refractivity contribution in [2.24, 2.45) is 5.41 Å². The maximum Gasteiger partial charge on any atom is 0.260 e. The maximum atomic E-state index is 13.6. The van der Waals surface area contributed by atoms with Crippen LogP contribution in [-0.2, 0) is 36.2 Å². The average molecular weight is 599 g/mol. The number of nitrogens with one attached hydrogen (secondary N) is 3. The third-order valence-corrected chi connectivity index (χ3v) is 8.58. The van der Waals surface area contributed by atoms with Gasteiger partial charge in [0.25, 0.3) is 5.91 Å². The van der Waals surface area contributed by atoms with Crippen LogP contribution >= 0.6 is 0 Å². The molecule has 2 rings (SSSR count). The predicted molar refractivity (Wildman–Crippen MR) is 167 cm³/mol. The zero-order chi connectivity index (χ0) is 31.7. The monoisotopic (exact) mass is 598 g/mol. The van der Waals surface area contributed by atoms with E-state index in [1.807, 2.05) is 95.3 Å². The van der Waals surface area contributed by atoms with Crippen molar-refractivity contribution in [3.05, 3.63) is 83.4 Å². The van der Waals surface area contributed by atoms with Crippen LogP contribution in [0.1, 0.15) is 52.7 Å². The third kappa shape index (κ3) is 9.80. The molecule has 0 aromatic heterocycles. The molecule has 9 nitrogen and oxygen atoms in total. The number of sulfonamides is 1. The molecule has 0 aliphatic carbocycles. The molecule has 42 heavy (non-hydrogen) atoms. The Morgan fingerprint density at radius 1 is 0.905 bits per heavy atom. The van der Waals surface area contributed by atoms with Gasteiger partial charge < -0.3 is 15.5 Å². The molecule has 0 spiro atoms. The van der Waals surface area contributed by atoms with Crippen molar-refractivity contribution in [3.63, 3.8) is 0 Å². The Bertz CT molecular complexity index is 1350. The van der Waals surface area contributed by atoms with E-state index >= 15 is 0 Å². The first-order valence-corrected chi connectivity index (χ1v) is 15.7. The standard InChI is InChI=1S/C32H46N4O5S/c1-23(28(37)35-42(40,41)22-20-24-15-11-9-12-16-24)19-21-36(8)30(39)27(31(2,3)4)34-29(38)26(33-7)32(5,6)25-17-13-10-14-18-25/h9-19,26-27,33H,20-22H2,1-8H3,(H,34,38)(H,35,37)/b23-19+/t26-,27?/m1/s1. The summed E-state index contributed by atoms with van der Waals surface area (Å²) >= 11 is 0. The SMILES string of the molecule is CN[C@H](C(=O)NC(C(=O)N(C)C/C=C(\C)C(=O)NS(=O)(=O)CCc1ccccc1)C(C)(C)C)C(C)(C)c1ccccc1. The number of carbonyl (C=O) groups is 3. The molecule has 0 fully saturated rings. The van der Waals surface area contributed by atoms with Gasteiger partial charge in [-0.3, -0.25) is 14.4 Å². The van der Waals surface area contributed by atoms with Gasteiger partial charge in [0.15, 0.2) is 0 Å². The van der Waals surface area contributed by atoms with Crippen molar-refractivity contribution in [2.75, 3.05) is 26.4 Å². The summed E-state index contributed by atoms with van der Waals surface area (Å²) in [5.74, 6) is -1.61. The van der Waals surface area contributed by atoms with Gasteiger partial charge in [0.2, 0.25) is 21.8 Å². The van der Waals surface area contributed by atoms with Gasteiger partial charge in [-0.25, -0.2) is 13.1 Å². The van der Waals surface area contributed by atoms with Gasteiger partial charge in [-0.05, 0) is 36.9 Å². The molecule has 1 unspecified atom stereocenters. The Balaban J connectivity index is 2.08. The summed E-state index contributed by atoms with van der Waals surface area (Å²) in [5.41, 5.74) is 0.823. The summed E-state index contributed by atoms with van der Waals surface area (Å²) in [5, 5.41) is 6.08. The molecular formula is C32H46N4O5S. The fourth-order valence-corrected chi connectivity index (χ4v) is 5.62. The lowest BCUT2D eigenvalue weighted by Crippen LogP contribution is -2.60. The molecule has 0 heterocycles.